The molecule has 2 aliphatic carbocycles. The minimum atomic E-state index is 0.317. The lowest BCUT2D eigenvalue weighted by Crippen LogP contribution is -2.41. The van der Waals surface area contributed by atoms with Crippen molar-refractivity contribution < 1.29 is 4.79 Å². The minimum absolute atomic E-state index is 0.317. The first-order valence-corrected chi connectivity index (χ1v) is 8.33. The zero-order chi connectivity index (χ0) is 13.8. The minimum Gasteiger partial charge on any atom is -0.303 e. The van der Waals surface area contributed by atoms with Crippen LogP contribution in [0, 0.1) is 17.8 Å². The Hall–Kier alpha value is -0.370. The Balaban J connectivity index is 1.80. The van der Waals surface area contributed by atoms with Crippen molar-refractivity contribution in [3.05, 3.63) is 0 Å². The number of carbonyl (C=O) groups is 1. The van der Waals surface area contributed by atoms with E-state index in [1.165, 1.54) is 32.1 Å². The maximum absolute atomic E-state index is 12.0. The Labute approximate surface area is 118 Å². The Bertz CT molecular complexity index is 294. The molecular weight excluding hydrogens is 234 g/mol. The highest BCUT2D eigenvalue weighted by molar-refractivity contribution is 5.81. The fourth-order valence-electron chi connectivity index (χ4n) is 3.99. The van der Waals surface area contributed by atoms with E-state index in [9.17, 15) is 4.79 Å². The van der Waals surface area contributed by atoms with Gasteiger partial charge in [0, 0.05) is 24.9 Å². The Morgan fingerprint density at radius 1 is 1.16 bits per heavy atom. The highest BCUT2D eigenvalue weighted by Gasteiger charge is 2.30. The molecule has 2 saturated carbocycles. The number of hydrogen-bond acceptors (Lipinski definition) is 2. The smallest absolute Gasteiger partial charge is 0.137 e. The van der Waals surface area contributed by atoms with E-state index in [1.54, 1.807) is 0 Å². The molecule has 0 spiro atoms. The van der Waals surface area contributed by atoms with Gasteiger partial charge in [-0.25, -0.2) is 0 Å². The van der Waals surface area contributed by atoms with Gasteiger partial charge in [-0.15, -0.1) is 0 Å². The van der Waals surface area contributed by atoms with Gasteiger partial charge in [-0.05, 0) is 57.4 Å². The highest BCUT2D eigenvalue weighted by Crippen LogP contribution is 2.31. The number of hydrogen-bond donors (Lipinski definition) is 0. The lowest BCUT2D eigenvalue weighted by atomic mass is 9.80. The second kappa shape index (κ2) is 6.88. The third-order valence-corrected chi connectivity index (χ3v) is 5.55. The Morgan fingerprint density at radius 3 is 2.47 bits per heavy atom. The first kappa shape index (κ1) is 15.0. The van der Waals surface area contributed by atoms with E-state index in [4.69, 9.17) is 0 Å². The summed E-state index contributed by atoms with van der Waals surface area (Å²) in [4.78, 5) is 14.5. The van der Waals surface area contributed by atoms with Crippen LogP contribution < -0.4 is 0 Å². The van der Waals surface area contributed by atoms with Crippen LogP contribution in [0.5, 0.6) is 0 Å². The topological polar surface area (TPSA) is 20.3 Å². The van der Waals surface area contributed by atoms with Gasteiger partial charge in [0.2, 0.25) is 0 Å². The molecule has 110 valence electrons. The van der Waals surface area contributed by atoms with Gasteiger partial charge in [-0.3, -0.25) is 4.79 Å². The van der Waals surface area contributed by atoms with Crippen LogP contribution in [0.25, 0.3) is 0 Å². The molecule has 0 amide bonds. The second-order valence-corrected chi connectivity index (χ2v) is 7.07. The molecular formula is C17H31NO. The van der Waals surface area contributed by atoms with Crippen LogP contribution in [-0.4, -0.2) is 30.3 Å². The van der Waals surface area contributed by atoms with Gasteiger partial charge in [0.05, 0.1) is 0 Å². The van der Waals surface area contributed by atoms with Crippen LogP contribution in [0.2, 0.25) is 0 Å². The summed E-state index contributed by atoms with van der Waals surface area (Å²) < 4.78 is 0. The second-order valence-electron chi connectivity index (χ2n) is 7.07. The normalized spacial score (nSPS) is 36.7. The molecule has 0 aromatic carbocycles. The standard InChI is InChI=1S/C17H31NO/c1-4-14-6-8-16(9-7-14)18(3)12-15-11-13(2)5-10-17(15)19/h13-16H,4-12H2,1-3H3. The molecule has 0 aromatic rings. The van der Waals surface area contributed by atoms with E-state index in [0.717, 1.165) is 43.7 Å². The van der Waals surface area contributed by atoms with Crippen molar-refractivity contribution in [1.29, 1.82) is 0 Å². The predicted octanol–water partition coefficient (Wildman–Crippen LogP) is 3.89. The number of Topliss-reactive ketones (excluding diaryl/α,β-unsaturated/α-hetero) is 1. The van der Waals surface area contributed by atoms with E-state index in [1.807, 2.05) is 0 Å². The van der Waals surface area contributed by atoms with Gasteiger partial charge < -0.3 is 4.90 Å². The summed E-state index contributed by atoms with van der Waals surface area (Å²) in [5.41, 5.74) is 0. The Kier molecular flexibility index (Phi) is 5.44. The molecule has 0 bridgehead atoms. The molecule has 19 heavy (non-hydrogen) atoms. The van der Waals surface area contributed by atoms with Crippen molar-refractivity contribution in [2.75, 3.05) is 13.6 Å². The third kappa shape index (κ3) is 4.05. The predicted molar refractivity (Wildman–Crippen MR) is 80.2 cm³/mol. The van der Waals surface area contributed by atoms with Gasteiger partial charge in [-0.2, -0.15) is 0 Å². The summed E-state index contributed by atoms with van der Waals surface area (Å²) >= 11 is 0. The largest absolute Gasteiger partial charge is 0.303 e. The average Bonchev–Trinajstić information content (AvgIpc) is 2.43. The SMILES string of the molecule is CCC1CCC(N(C)CC2CC(C)CCC2=O)CC1. The van der Waals surface area contributed by atoms with Crippen molar-refractivity contribution in [2.45, 2.75) is 71.3 Å². The van der Waals surface area contributed by atoms with Crippen LogP contribution in [-0.2, 0) is 4.79 Å². The summed E-state index contributed by atoms with van der Waals surface area (Å²) in [6, 6.07) is 0.729. The van der Waals surface area contributed by atoms with Crippen LogP contribution in [0.1, 0.15) is 65.2 Å². The molecule has 0 N–H and O–H groups in total. The zero-order valence-electron chi connectivity index (χ0n) is 13.0. The molecule has 0 aromatic heterocycles. The molecule has 0 aliphatic heterocycles. The third-order valence-electron chi connectivity index (χ3n) is 5.55. The van der Waals surface area contributed by atoms with Crippen molar-refractivity contribution in [1.82, 2.24) is 4.90 Å². The molecule has 0 radical (unpaired) electrons. The lowest BCUT2D eigenvalue weighted by molar-refractivity contribution is -0.126. The number of nitrogens with zero attached hydrogens (tertiary/aromatic N) is 1. The molecule has 0 heterocycles. The first-order valence-electron chi connectivity index (χ1n) is 8.33. The number of carbonyl (C=O) groups excluding carboxylic acids is 1. The van der Waals surface area contributed by atoms with Gasteiger partial charge >= 0.3 is 0 Å². The first-order chi connectivity index (χ1) is 9.10. The maximum atomic E-state index is 12.0. The van der Waals surface area contributed by atoms with Crippen molar-refractivity contribution in [2.24, 2.45) is 17.8 Å². The van der Waals surface area contributed by atoms with Gasteiger partial charge in [0.15, 0.2) is 0 Å². The lowest BCUT2D eigenvalue weighted by Gasteiger charge is -2.37. The summed E-state index contributed by atoms with van der Waals surface area (Å²) in [6.07, 6.45) is 9.85. The van der Waals surface area contributed by atoms with Crippen molar-refractivity contribution >= 4 is 5.78 Å². The van der Waals surface area contributed by atoms with Crippen molar-refractivity contribution in [3.63, 3.8) is 0 Å². The van der Waals surface area contributed by atoms with E-state index in [2.05, 4.69) is 25.8 Å². The summed E-state index contributed by atoms with van der Waals surface area (Å²) in [5, 5.41) is 0. The zero-order valence-corrected chi connectivity index (χ0v) is 13.0. The van der Waals surface area contributed by atoms with E-state index < -0.39 is 0 Å². The van der Waals surface area contributed by atoms with E-state index in [-0.39, 0.29) is 0 Å². The van der Waals surface area contributed by atoms with Crippen LogP contribution in [0.4, 0.5) is 0 Å². The molecule has 0 saturated heterocycles. The monoisotopic (exact) mass is 265 g/mol. The number of rotatable bonds is 4. The van der Waals surface area contributed by atoms with E-state index in [0.29, 0.717) is 11.7 Å². The molecule has 2 rings (SSSR count). The summed E-state index contributed by atoms with van der Waals surface area (Å²) in [5.74, 6) is 2.54. The highest BCUT2D eigenvalue weighted by atomic mass is 16.1. The van der Waals surface area contributed by atoms with Crippen LogP contribution in [0.3, 0.4) is 0 Å². The molecule has 2 atom stereocenters. The Morgan fingerprint density at radius 2 is 1.84 bits per heavy atom. The maximum Gasteiger partial charge on any atom is 0.137 e. The van der Waals surface area contributed by atoms with Crippen LogP contribution in [0.15, 0.2) is 0 Å². The quantitative estimate of drug-likeness (QED) is 0.768. The average molecular weight is 265 g/mol. The molecule has 2 heteroatoms. The van der Waals surface area contributed by atoms with Crippen LogP contribution >= 0.6 is 0 Å². The van der Waals surface area contributed by atoms with Gasteiger partial charge in [-0.1, -0.05) is 20.3 Å². The van der Waals surface area contributed by atoms with Crippen molar-refractivity contribution in [3.8, 4) is 0 Å². The molecule has 2 nitrogen and oxygen atoms in total. The molecule has 2 unspecified atom stereocenters. The summed E-state index contributed by atoms with van der Waals surface area (Å²) in [6.45, 7) is 5.62. The molecule has 2 fully saturated rings. The van der Waals surface area contributed by atoms with Gasteiger partial charge in [0.1, 0.15) is 5.78 Å². The molecule has 2 aliphatic rings. The summed E-state index contributed by atoms with van der Waals surface area (Å²) in [7, 11) is 2.24. The van der Waals surface area contributed by atoms with Gasteiger partial charge in [0.25, 0.3) is 0 Å². The fraction of sp³-hybridized carbons (Fsp3) is 0.941. The number of ketones is 1. The van der Waals surface area contributed by atoms with E-state index >= 15 is 0 Å². The fourth-order valence-corrected chi connectivity index (χ4v) is 3.99.